The number of aliphatic hydroxyl groups excluding tert-OH is 4. The van der Waals surface area contributed by atoms with Crippen molar-refractivity contribution < 1.29 is 52.3 Å². The molecule has 2 saturated heterocycles. The van der Waals surface area contributed by atoms with Gasteiger partial charge in [0, 0.05) is 83.1 Å². The zero-order valence-corrected chi connectivity index (χ0v) is 57.3. The summed E-state index contributed by atoms with van der Waals surface area (Å²) in [6.07, 6.45) is 5.00. The largest absolute Gasteiger partial charge is 0.481 e. The number of nitrogens with one attached hydrogen (secondary N) is 4. The number of methoxy groups -OCH3 is 1. The van der Waals surface area contributed by atoms with Gasteiger partial charge in [-0.05, 0) is 134 Å². The summed E-state index contributed by atoms with van der Waals surface area (Å²) in [5.41, 5.74) is -0.343. The Hall–Kier alpha value is -1.16. The number of aliphatic carboxylic acids is 1. The molecule has 0 radical (unpaired) electrons. The number of halogens is 2. The van der Waals surface area contributed by atoms with Crippen LogP contribution >= 0.6 is 0 Å². The number of hydrogen-bond donors (Lipinski definition) is 9. The number of nitrogens with zero attached hydrogens (tertiary/aromatic N) is 2. The van der Waals surface area contributed by atoms with Crippen LogP contribution < -0.4 is 21.3 Å². The molecule has 80 heavy (non-hydrogen) atoms. The van der Waals surface area contributed by atoms with Crippen LogP contribution in [0.15, 0.2) is 0 Å². The van der Waals surface area contributed by atoms with Crippen molar-refractivity contribution in [2.24, 2.45) is 59.2 Å². The molecule has 0 aromatic carbocycles. The van der Waals surface area contributed by atoms with E-state index in [0.29, 0.717) is 60.1 Å². The number of sulfone groups is 1. The molecule has 1 aliphatic carbocycles. The van der Waals surface area contributed by atoms with E-state index >= 15 is 0 Å². The fourth-order valence-corrected chi connectivity index (χ4v) is 8.32. The predicted octanol–water partition coefficient (Wildman–Crippen LogP) is 9.70. The van der Waals surface area contributed by atoms with Crippen molar-refractivity contribution in [1.29, 1.82) is 0 Å². The van der Waals surface area contributed by atoms with E-state index in [-0.39, 0.29) is 61.7 Å². The standard InChI is InChI=1S/C8H18FN.C8H17FO.C8H17NO2S.C8H17N.C7H15NO.2C7H17NO.C5H12O.C4H8O2/c1-7(2)5-10-8(3,4)6-9;1-7(2)3-4-8(5-9)6-10;1-7(2)5-9-8-3-4-12(10,11)6-8;1-7(2)6-9(3)8-4-5-8;1-6(2)3-8-4-7(9)5-8;2*1-6(2)4-8-5-7(3)9;1-5(2)4-6-3;1-3(2)4(5)6/h7,10H,5-6H2,1-4H3;7-8,10H,3-6H2,1-2H3;7-9H,3-6H2,1-2H3;7-8H,4-6H2,1-3H3;6-7,9H,3-5H2,1-2H3;2*6-9H,4-5H2,1-3H3;5H,4H2,1-3H3;3H,1-2H3,(H,5,6)/t;;8-;;;2*7-;;/m..0..10../s1. The van der Waals surface area contributed by atoms with Gasteiger partial charge in [0.1, 0.15) is 6.67 Å². The fourth-order valence-electron chi connectivity index (χ4n) is 6.62. The van der Waals surface area contributed by atoms with Gasteiger partial charge in [0.15, 0.2) is 9.84 Å². The maximum atomic E-state index is 12.2. The monoisotopic (exact) mass is 1180 g/mol. The molecule has 1 saturated carbocycles. The number of carboxylic acids is 1. The summed E-state index contributed by atoms with van der Waals surface area (Å²) in [4.78, 5) is 14.4. The lowest BCUT2D eigenvalue weighted by molar-refractivity contribution is -0.140. The molecule has 3 rings (SSSR count). The molecule has 1 unspecified atom stereocenters. The number of likely N-dealkylation sites (tertiary alicyclic amines) is 1. The summed E-state index contributed by atoms with van der Waals surface area (Å²) in [6.45, 7) is 54.6. The van der Waals surface area contributed by atoms with E-state index in [1.165, 1.54) is 19.4 Å². The maximum Gasteiger partial charge on any atom is 0.305 e. The Labute approximate surface area is 494 Å². The van der Waals surface area contributed by atoms with Crippen LogP contribution in [0, 0.1) is 59.2 Å². The van der Waals surface area contributed by atoms with Crippen LogP contribution in [0.1, 0.15) is 184 Å². The van der Waals surface area contributed by atoms with Crippen molar-refractivity contribution in [2.75, 3.05) is 118 Å². The van der Waals surface area contributed by atoms with E-state index < -0.39 is 15.8 Å². The van der Waals surface area contributed by atoms with Gasteiger partial charge in [-0.1, -0.05) is 131 Å². The maximum absolute atomic E-state index is 12.2. The second-order valence-corrected chi connectivity index (χ2v) is 29.1. The van der Waals surface area contributed by atoms with Crippen LogP contribution in [0.2, 0.25) is 0 Å². The molecule has 15 nitrogen and oxygen atoms in total. The first-order valence-electron chi connectivity index (χ1n) is 30.7. The highest BCUT2D eigenvalue weighted by molar-refractivity contribution is 7.91. The molecule has 0 bridgehead atoms. The predicted molar refractivity (Wildman–Crippen MR) is 339 cm³/mol. The SMILES string of the molecule is CC(C)C(=O)O.CC(C)CCC(CO)CF.CC(C)CN(C)C1CC1.CC(C)CN1CC(O)C1.CC(C)CNC(C)(C)CF.CC(C)CNC[C@@H](C)O.CC(C)CNC[C@H](C)O.CC(C)CN[C@H]1CCS(=O)(=O)C1.COCC(C)C. The molecule has 18 heteroatoms. The molecule has 0 amide bonds. The minimum absolute atomic E-state index is 0.0107. The number of β-amino-alcohol motifs (C(OH)–C–C–N with tert-alkyl or cyclic N) is 1. The molecule has 0 aromatic heterocycles. The van der Waals surface area contributed by atoms with E-state index in [2.05, 4.69) is 149 Å². The van der Waals surface area contributed by atoms with Crippen LogP contribution in [-0.4, -0.2) is 203 Å². The molecule has 3 aliphatic rings. The summed E-state index contributed by atoms with van der Waals surface area (Å²) >= 11 is 0. The van der Waals surface area contributed by atoms with Gasteiger partial charge in [-0.15, -0.1) is 0 Å². The first-order valence-corrected chi connectivity index (χ1v) is 32.6. The van der Waals surface area contributed by atoms with E-state index in [1.807, 2.05) is 13.8 Å². The van der Waals surface area contributed by atoms with Crippen molar-refractivity contribution in [3.8, 4) is 0 Å². The summed E-state index contributed by atoms with van der Waals surface area (Å²) < 4.78 is 51.0. The Bertz CT molecular complexity index is 1370. The van der Waals surface area contributed by atoms with Crippen molar-refractivity contribution >= 4 is 15.8 Å². The zero-order valence-electron chi connectivity index (χ0n) is 56.4. The molecule has 2 aliphatic heterocycles. The molecule has 3 fully saturated rings. The first-order chi connectivity index (χ1) is 36.7. The van der Waals surface area contributed by atoms with Gasteiger partial charge in [0.05, 0.1) is 42.4 Å². The zero-order chi connectivity index (χ0) is 63.8. The highest BCUT2D eigenvalue weighted by Gasteiger charge is 2.28. The van der Waals surface area contributed by atoms with Gasteiger partial charge >= 0.3 is 5.97 Å². The van der Waals surface area contributed by atoms with Crippen molar-refractivity contribution in [3.05, 3.63) is 0 Å². The van der Waals surface area contributed by atoms with Gasteiger partial charge in [-0.3, -0.25) is 14.1 Å². The molecule has 4 atom stereocenters. The lowest BCUT2D eigenvalue weighted by atomic mass is 10.00. The third kappa shape index (κ3) is 78.9. The summed E-state index contributed by atoms with van der Waals surface area (Å²) in [5.74, 6) is 4.97. The van der Waals surface area contributed by atoms with E-state index in [9.17, 15) is 22.0 Å². The fraction of sp³-hybridized carbons (Fsp3) is 0.984. The Morgan fingerprint density at radius 2 is 1.12 bits per heavy atom. The van der Waals surface area contributed by atoms with Crippen molar-refractivity contribution in [1.82, 2.24) is 31.1 Å². The lowest BCUT2D eigenvalue weighted by Crippen LogP contribution is -2.51. The van der Waals surface area contributed by atoms with Gasteiger partial charge in [-0.25, -0.2) is 12.8 Å². The third-order valence-corrected chi connectivity index (χ3v) is 13.1. The molecule has 0 spiro atoms. The second kappa shape index (κ2) is 55.7. The number of hydrogen-bond acceptors (Lipinski definition) is 14. The average molecular weight is 1180 g/mol. The number of ether oxygens (including phenoxy) is 1. The number of carboxylic acid groups (broad SMARTS) is 1. The average Bonchev–Trinajstić information content (AvgIpc) is 4.11. The number of alkyl halides is 2. The van der Waals surface area contributed by atoms with Crippen LogP contribution in [0.25, 0.3) is 0 Å². The van der Waals surface area contributed by atoms with Gasteiger partial charge in [0.2, 0.25) is 0 Å². The minimum Gasteiger partial charge on any atom is -0.481 e. The molecular weight excluding hydrogens is 1040 g/mol. The Morgan fingerprint density at radius 3 is 1.38 bits per heavy atom. The van der Waals surface area contributed by atoms with E-state index in [4.69, 9.17) is 30.3 Å². The van der Waals surface area contributed by atoms with Crippen LogP contribution in [0.5, 0.6) is 0 Å². The lowest BCUT2D eigenvalue weighted by Gasteiger charge is -2.36. The normalized spacial score (nSPS) is 17.0. The molecule has 0 aromatic rings. The van der Waals surface area contributed by atoms with Crippen LogP contribution in [-0.2, 0) is 19.4 Å². The van der Waals surface area contributed by atoms with Crippen LogP contribution in [0.3, 0.4) is 0 Å². The molecule has 2 heterocycles. The Balaban J connectivity index is -0.000000194. The smallest absolute Gasteiger partial charge is 0.305 e. The van der Waals surface area contributed by atoms with Crippen molar-refractivity contribution in [3.63, 3.8) is 0 Å². The Kier molecular flexibility index (Phi) is 62.7. The highest BCUT2D eigenvalue weighted by Crippen LogP contribution is 2.25. The van der Waals surface area contributed by atoms with Gasteiger partial charge < -0.3 is 56.4 Å². The number of rotatable bonds is 28. The highest BCUT2D eigenvalue weighted by atomic mass is 32.2. The summed E-state index contributed by atoms with van der Waals surface area (Å²) in [5, 5.41) is 55.7. The Morgan fingerprint density at radius 1 is 0.675 bits per heavy atom. The minimum atomic E-state index is -2.71. The van der Waals surface area contributed by atoms with Gasteiger partial charge in [0.25, 0.3) is 0 Å². The second-order valence-electron chi connectivity index (χ2n) is 26.8. The topological polar surface area (TPSA) is 216 Å². The van der Waals surface area contributed by atoms with Crippen molar-refractivity contribution in [2.45, 2.75) is 220 Å². The van der Waals surface area contributed by atoms with Gasteiger partial charge in [-0.2, -0.15) is 0 Å². The van der Waals surface area contributed by atoms with E-state index in [0.717, 1.165) is 89.6 Å². The molecule has 490 valence electrons. The summed E-state index contributed by atoms with van der Waals surface area (Å²) in [6, 6.07) is 1.14. The van der Waals surface area contributed by atoms with E-state index in [1.54, 1.807) is 34.8 Å². The first kappa shape index (κ1) is 90.0. The third-order valence-electron chi connectivity index (χ3n) is 11.4. The quantitative estimate of drug-likeness (QED) is 0.0357. The number of carbonyl (C=O) groups is 1. The summed E-state index contributed by atoms with van der Waals surface area (Å²) in [7, 11) is 1.25. The number of aliphatic hydroxyl groups is 4. The van der Waals surface area contributed by atoms with Crippen LogP contribution in [0.4, 0.5) is 8.78 Å². The molecular formula is C62H138F2N6O9S. The molecule has 9 N–H and O–H groups in total.